The first kappa shape index (κ1) is 15.9. The Morgan fingerprint density at radius 2 is 2.43 bits per heavy atom. The number of hydrogen-bond donors (Lipinski definition) is 0. The summed E-state index contributed by atoms with van der Waals surface area (Å²) in [6.07, 6.45) is 2.01. The van der Waals surface area contributed by atoms with Gasteiger partial charge in [-0.2, -0.15) is 4.99 Å². The number of nitro benzene ring substituents is 1. The van der Waals surface area contributed by atoms with Crippen LogP contribution in [0.25, 0.3) is 0 Å². The third-order valence-electron chi connectivity index (χ3n) is 3.45. The van der Waals surface area contributed by atoms with Gasteiger partial charge in [0.2, 0.25) is 0 Å². The number of methoxy groups -OCH3 is 1. The van der Waals surface area contributed by atoms with Crippen LogP contribution in [0.1, 0.15) is 12.8 Å². The van der Waals surface area contributed by atoms with Gasteiger partial charge in [-0.15, -0.1) is 0 Å². The van der Waals surface area contributed by atoms with Crippen LogP contribution in [0, 0.1) is 10.1 Å². The molecule has 1 unspecified atom stereocenters. The highest BCUT2D eigenvalue weighted by molar-refractivity contribution is 7.78. The van der Waals surface area contributed by atoms with Crippen molar-refractivity contribution in [1.29, 1.82) is 0 Å². The summed E-state index contributed by atoms with van der Waals surface area (Å²) in [5, 5.41) is 13.5. The molecule has 0 saturated carbocycles. The zero-order valence-electron chi connectivity index (χ0n) is 11.4. The van der Waals surface area contributed by atoms with Crippen molar-refractivity contribution in [2.24, 2.45) is 4.99 Å². The van der Waals surface area contributed by atoms with Crippen molar-refractivity contribution in [1.82, 2.24) is 0 Å². The van der Waals surface area contributed by atoms with Crippen LogP contribution < -0.4 is 4.90 Å². The molecule has 0 aliphatic carbocycles. The van der Waals surface area contributed by atoms with Gasteiger partial charge in [0, 0.05) is 19.7 Å². The van der Waals surface area contributed by atoms with Gasteiger partial charge in [-0.05, 0) is 31.1 Å². The second-order valence-electron chi connectivity index (χ2n) is 4.70. The highest BCUT2D eigenvalue weighted by Gasteiger charge is 2.28. The molecule has 8 heteroatoms. The lowest BCUT2D eigenvalue weighted by Crippen LogP contribution is -2.32. The van der Waals surface area contributed by atoms with E-state index in [1.54, 1.807) is 13.2 Å². The molecule has 1 fully saturated rings. The molecule has 1 aliphatic heterocycles. The molecule has 1 aromatic rings. The number of nitro groups is 1. The predicted molar refractivity (Wildman–Crippen MR) is 85.0 cm³/mol. The third kappa shape index (κ3) is 3.39. The number of rotatable bonds is 5. The molecule has 6 nitrogen and oxygen atoms in total. The molecule has 0 radical (unpaired) electrons. The van der Waals surface area contributed by atoms with E-state index >= 15 is 0 Å². The smallest absolute Gasteiger partial charge is 0.297 e. The molecule has 2 rings (SSSR count). The average Bonchev–Trinajstić information content (AvgIpc) is 2.89. The largest absolute Gasteiger partial charge is 0.383 e. The molecule has 0 bridgehead atoms. The average molecular weight is 328 g/mol. The number of benzene rings is 1. The number of hydrogen-bond acceptors (Lipinski definition) is 6. The number of isothiocyanates is 1. The third-order valence-corrected chi connectivity index (χ3v) is 3.85. The molecule has 112 valence electrons. The zero-order chi connectivity index (χ0) is 15.4. The van der Waals surface area contributed by atoms with Gasteiger partial charge >= 0.3 is 0 Å². The van der Waals surface area contributed by atoms with Crippen molar-refractivity contribution in [2.75, 3.05) is 25.2 Å². The molecule has 21 heavy (non-hydrogen) atoms. The Kier molecular flexibility index (Phi) is 5.25. The number of ether oxygens (including phenoxy) is 1. The highest BCUT2D eigenvalue weighted by Crippen LogP contribution is 2.40. The Morgan fingerprint density at radius 3 is 3.05 bits per heavy atom. The molecule has 1 atom stereocenters. The maximum absolute atomic E-state index is 11.0. The Hall–Kier alpha value is -1.53. The summed E-state index contributed by atoms with van der Waals surface area (Å²) < 4.78 is 5.21. The van der Waals surface area contributed by atoms with Crippen LogP contribution in [0.3, 0.4) is 0 Å². The lowest BCUT2D eigenvalue weighted by Gasteiger charge is -2.27. The predicted octanol–water partition coefficient (Wildman–Crippen LogP) is 3.60. The van der Waals surface area contributed by atoms with E-state index in [1.807, 2.05) is 0 Å². The van der Waals surface area contributed by atoms with Gasteiger partial charge < -0.3 is 9.64 Å². The first-order chi connectivity index (χ1) is 10.1. The van der Waals surface area contributed by atoms with Crippen LogP contribution in [0.4, 0.5) is 17.1 Å². The summed E-state index contributed by atoms with van der Waals surface area (Å²) in [5.74, 6) is 0. The van der Waals surface area contributed by atoms with Gasteiger partial charge in [-0.1, -0.05) is 11.6 Å². The SMILES string of the molecule is COCC1CCCN1c1cc(N=C=S)c([N+](=O)[O-])cc1Cl. The molecule has 0 amide bonds. The first-order valence-electron chi connectivity index (χ1n) is 6.40. The molecule has 1 aliphatic rings. The second-order valence-corrected chi connectivity index (χ2v) is 5.29. The van der Waals surface area contributed by atoms with Crippen molar-refractivity contribution in [3.63, 3.8) is 0 Å². The van der Waals surface area contributed by atoms with Crippen molar-refractivity contribution in [2.45, 2.75) is 18.9 Å². The lowest BCUT2D eigenvalue weighted by atomic mass is 10.2. The Labute approximate surface area is 132 Å². The number of halogens is 1. The van der Waals surface area contributed by atoms with Crippen LogP contribution in [0.5, 0.6) is 0 Å². The summed E-state index contributed by atoms with van der Waals surface area (Å²) in [5.41, 5.74) is 0.701. The maximum atomic E-state index is 11.0. The number of aliphatic imine (C=N–C) groups is 1. The fraction of sp³-hybridized carbons (Fsp3) is 0.462. The van der Waals surface area contributed by atoms with E-state index in [2.05, 4.69) is 27.3 Å². The summed E-state index contributed by atoms with van der Waals surface area (Å²) in [6, 6.07) is 3.11. The number of nitrogens with zero attached hydrogens (tertiary/aromatic N) is 3. The summed E-state index contributed by atoms with van der Waals surface area (Å²) in [7, 11) is 1.65. The van der Waals surface area contributed by atoms with E-state index < -0.39 is 4.92 Å². The monoisotopic (exact) mass is 327 g/mol. The highest BCUT2D eigenvalue weighted by atomic mass is 35.5. The Balaban J connectivity index is 2.46. The van der Waals surface area contributed by atoms with Gasteiger partial charge in [0.25, 0.3) is 5.69 Å². The first-order valence-corrected chi connectivity index (χ1v) is 7.18. The standard InChI is InChI=1S/C13H14ClN3O3S/c1-20-7-9-3-2-4-16(9)12-6-11(15-8-21)13(17(18)19)5-10(12)14/h5-6,9H,2-4,7H2,1H3. The lowest BCUT2D eigenvalue weighted by molar-refractivity contribution is -0.384. The fourth-order valence-electron chi connectivity index (χ4n) is 2.56. The van der Waals surface area contributed by atoms with Crippen LogP contribution in [-0.4, -0.2) is 36.4 Å². The molecule has 0 aromatic heterocycles. The van der Waals surface area contributed by atoms with E-state index in [0.717, 1.165) is 19.4 Å². The molecule has 0 N–H and O–H groups in total. The minimum atomic E-state index is -0.530. The van der Waals surface area contributed by atoms with Crippen molar-refractivity contribution in [3.8, 4) is 0 Å². The summed E-state index contributed by atoms with van der Waals surface area (Å²) in [6.45, 7) is 1.41. The van der Waals surface area contributed by atoms with Gasteiger partial charge in [0.1, 0.15) is 0 Å². The van der Waals surface area contributed by atoms with Crippen LogP contribution in [0.2, 0.25) is 5.02 Å². The van der Waals surface area contributed by atoms with Crippen LogP contribution in [0.15, 0.2) is 17.1 Å². The van der Waals surface area contributed by atoms with E-state index in [1.165, 1.54) is 6.07 Å². The molecule has 0 spiro atoms. The van der Waals surface area contributed by atoms with Crippen molar-refractivity contribution >= 4 is 46.0 Å². The quantitative estimate of drug-likeness (QED) is 0.358. The molecular formula is C13H14ClN3O3S. The zero-order valence-corrected chi connectivity index (χ0v) is 13.0. The fourth-order valence-corrected chi connectivity index (χ4v) is 2.93. The summed E-state index contributed by atoms with van der Waals surface area (Å²) in [4.78, 5) is 16.4. The van der Waals surface area contributed by atoms with Crippen LogP contribution >= 0.6 is 23.8 Å². The van der Waals surface area contributed by atoms with E-state index in [4.69, 9.17) is 16.3 Å². The maximum Gasteiger partial charge on any atom is 0.297 e. The van der Waals surface area contributed by atoms with E-state index in [0.29, 0.717) is 17.3 Å². The number of anilines is 1. The second kappa shape index (κ2) is 6.95. The normalized spacial score (nSPS) is 17.6. The van der Waals surface area contributed by atoms with Crippen molar-refractivity contribution in [3.05, 3.63) is 27.3 Å². The molecule has 1 heterocycles. The Bertz CT molecular complexity index is 605. The van der Waals surface area contributed by atoms with Gasteiger partial charge in [-0.3, -0.25) is 10.1 Å². The van der Waals surface area contributed by atoms with Crippen molar-refractivity contribution < 1.29 is 9.66 Å². The minimum absolute atomic E-state index is 0.164. The molecule has 1 saturated heterocycles. The van der Waals surface area contributed by atoms with Crippen LogP contribution in [-0.2, 0) is 4.74 Å². The number of thiocarbonyl (C=S) groups is 1. The van der Waals surface area contributed by atoms with Gasteiger partial charge in [-0.25, -0.2) is 0 Å². The van der Waals surface area contributed by atoms with E-state index in [-0.39, 0.29) is 17.4 Å². The van der Waals surface area contributed by atoms with Gasteiger partial charge in [0.15, 0.2) is 5.69 Å². The van der Waals surface area contributed by atoms with Gasteiger partial charge in [0.05, 0.1) is 33.4 Å². The topological polar surface area (TPSA) is 68.0 Å². The molecule has 1 aromatic carbocycles. The van der Waals surface area contributed by atoms with E-state index in [9.17, 15) is 10.1 Å². The Morgan fingerprint density at radius 1 is 1.67 bits per heavy atom. The minimum Gasteiger partial charge on any atom is -0.383 e. The molecular weight excluding hydrogens is 314 g/mol. The summed E-state index contributed by atoms with van der Waals surface area (Å²) >= 11 is 10.8.